The van der Waals surface area contributed by atoms with E-state index in [9.17, 15) is 4.79 Å². The van der Waals surface area contributed by atoms with Gasteiger partial charge in [0.05, 0.1) is 11.2 Å². The lowest BCUT2D eigenvalue weighted by Crippen LogP contribution is -2.39. The maximum absolute atomic E-state index is 11.9. The number of nitrogens with zero attached hydrogens (tertiary/aromatic N) is 2. The van der Waals surface area contributed by atoms with Crippen LogP contribution in [0.15, 0.2) is 5.51 Å². The molecule has 2 rings (SSSR count). The van der Waals surface area contributed by atoms with Gasteiger partial charge in [-0.2, -0.15) is 0 Å². The minimum absolute atomic E-state index is 0.0213. The van der Waals surface area contributed by atoms with Gasteiger partial charge in [-0.3, -0.25) is 9.69 Å². The third kappa shape index (κ3) is 2.84. The molecule has 1 saturated heterocycles. The second kappa shape index (κ2) is 5.60. The molecule has 0 bridgehead atoms. The first-order valence-electron chi connectivity index (χ1n) is 6.14. The molecule has 0 aromatic carbocycles. The highest BCUT2D eigenvalue weighted by Crippen LogP contribution is 2.16. The summed E-state index contributed by atoms with van der Waals surface area (Å²) in [6.45, 7) is 7.04. The summed E-state index contributed by atoms with van der Waals surface area (Å²) in [6, 6.07) is 0.511. The average molecular weight is 253 g/mol. The van der Waals surface area contributed by atoms with Gasteiger partial charge < -0.3 is 5.32 Å². The third-order valence-electron chi connectivity index (χ3n) is 3.36. The zero-order valence-corrected chi connectivity index (χ0v) is 11.2. The fourth-order valence-corrected chi connectivity index (χ4v) is 3.07. The van der Waals surface area contributed by atoms with Gasteiger partial charge >= 0.3 is 0 Å². The molecule has 0 unspecified atom stereocenters. The Morgan fingerprint density at radius 2 is 2.53 bits per heavy atom. The van der Waals surface area contributed by atoms with E-state index in [0.717, 1.165) is 30.2 Å². The summed E-state index contributed by atoms with van der Waals surface area (Å²) in [7, 11) is 0. The molecule has 1 aliphatic heterocycles. The number of thiazole rings is 1. The fourth-order valence-electron chi connectivity index (χ4n) is 2.35. The lowest BCUT2D eigenvalue weighted by atomic mass is 10.2. The fraction of sp³-hybridized carbons (Fsp3) is 0.667. The number of aryl methyl sites for hydroxylation is 1. The molecule has 1 amide bonds. The van der Waals surface area contributed by atoms with E-state index >= 15 is 0 Å². The minimum atomic E-state index is 0.0213. The van der Waals surface area contributed by atoms with Crippen LogP contribution in [0.1, 0.15) is 35.1 Å². The number of hydrogen-bond acceptors (Lipinski definition) is 4. The number of nitrogens with one attached hydrogen (secondary N) is 1. The molecule has 1 N–H and O–H groups in total. The number of likely N-dealkylation sites (tertiary alicyclic amines) is 1. The molecule has 1 atom stereocenters. The van der Waals surface area contributed by atoms with Crippen LogP contribution in [0.3, 0.4) is 0 Å². The first-order chi connectivity index (χ1) is 8.22. The molecule has 1 aliphatic rings. The number of rotatable bonds is 4. The van der Waals surface area contributed by atoms with E-state index in [1.165, 1.54) is 24.2 Å². The Kier molecular flexibility index (Phi) is 4.12. The summed E-state index contributed by atoms with van der Waals surface area (Å²) in [5.41, 5.74) is 2.55. The van der Waals surface area contributed by atoms with Gasteiger partial charge in [0.1, 0.15) is 4.88 Å². The van der Waals surface area contributed by atoms with Crippen LogP contribution in [0.2, 0.25) is 0 Å². The number of aromatic nitrogens is 1. The largest absolute Gasteiger partial charge is 0.350 e. The third-order valence-corrected chi connectivity index (χ3v) is 4.28. The van der Waals surface area contributed by atoms with Crippen molar-refractivity contribution < 1.29 is 4.79 Å². The van der Waals surface area contributed by atoms with Crippen LogP contribution in [-0.2, 0) is 0 Å². The number of carbonyl (C=O) groups excluding carboxylic acids is 1. The molecular weight excluding hydrogens is 234 g/mol. The molecule has 17 heavy (non-hydrogen) atoms. The number of hydrogen-bond donors (Lipinski definition) is 1. The second-order valence-corrected chi connectivity index (χ2v) is 5.26. The van der Waals surface area contributed by atoms with Crippen molar-refractivity contribution >= 4 is 17.2 Å². The van der Waals surface area contributed by atoms with Crippen molar-refractivity contribution in [1.29, 1.82) is 0 Å². The summed E-state index contributed by atoms with van der Waals surface area (Å²) in [6.07, 6.45) is 2.43. The monoisotopic (exact) mass is 253 g/mol. The maximum Gasteiger partial charge on any atom is 0.263 e. The van der Waals surface area contributed by atoms with Crippen molar-refractivity contribution in [2.24, 2.45) is 0 Å². The maximum atomic E-state index is 11.9. The zero-order valence-electron chi connectivity index (χ0n) is 10.4. The lowest BCUT2D eigenvalue weighted by molar-refractivity contribution is 0.0944. The number of amides is 1. The van der Waals surface area contributed by atoms with Gasteiger partial charge in [0.15, 0.2) is 0 Å². The Hall–Kier alpha value is -0.940. The van der Waals surface area contributed by atoms with Gasteiger partial charge in [0.25, 0.3) is 5.91 Å². The molecule has 1 aromatic heterocycles. The molecule has 0 saturated carbocycles. The lowest BCUT2D eigenvalue weighted by Gasteiger charge is -2.22. The summed E-state index contributed by atoms with van der Waals surface area (Å²) >= 11 is 1.41. The van der Waals surface area contributed by atoms with E-state index in [1.807, 2.05) is 6.92 Å². The van der Waals surface area contributed by atoms with E-state index in [-0.39, 0.29) is 5.91 Å². The van der Waals surface area contributed by atoms with E-state index in [0.29, 0.717) is 6.04 Å². The highest BCUT2D eigenvalue weighted by Gasteiger charge is 2.23. The van der Waals surface area contributed by atoms with Crippen LogP contribution in [-0.4, -0.2) is 41.5 Å². The highest BCUT2D eigenvalue weighted by atomic mass is 32.1. The van der Waals surface area contributed by atoms with Gasteiger partial charge in [-0.15, -0.1) is 11.3 Å². The second-order valence-electron chi connectivity index (χ2n) is 4.40. The van der Waals surface area contributed by atoms with Crippen molar-refractivity contribution in [2.45, 2.75) is 32.7 Å². The molecule has 1 aromatic rings. The van der Waals surface area contributed by atoms with E-state index in [1.54, 1.807) is 5.51 Å². The normalized spacial score (nSPS) is 20.7. The Bertz CT molecular complexity index is 391. The minimum Gasteiger partial charge on any atom is -0.350 e. The Labute approximate surface area is 106 Å². The topological polar surface area (TPSA) is 45.2 Å². The van der Waals surface area contributed by atoms with Crippen molar-refractivity contribution in [1.82, 2.24) is 15.2 Å². The summed E-state index contributed by atoms with van der Waals surface area (Å²) in [4.78, 5) is 19.2. The molecule has 4 nitrogen and oxygen atoms in total. The Morgan fingerprint density at radius 1 is 1.71 bits per heavy atom. The van der Waals surface area contributed by atoms with Crippen LogP contribution < -0.4 is 5.32 Å². The highest BCUT2D eigenvalue weighted by molar-refractivity contribution is 7.11. The average Bonchev–Trinajstić information content (AvgIpc) is 2.94. The van der Waals surface area contributed by atoms with Crippen LogP contribution in [0.4, 0.5) is 0 Å². The first kappa shape index (κ1) is 12.5. The molecule has 94 valence electrons. The van der Waals surface area contributed by atoms with Gasteiger partial charge in [-0.25, -0.2) is 4.98 Å². The number of likely N-dealkylation sites (N-methyl/N-ethyl adjacent to an activating group) is 1. The summed E-state index contributed by atoms with van der Waals surface area (Å²) < 4.78 is 0. The Morgan fingerprint density at radius 3 is 3.18 bits per heavy atom. The molecular formula is C12H19N3OS. The number of carbonyl (C=O) groups is 1. The standard InChI is InChI=1S/C12H19N3OS/c1-3-15-6-4-5-10(15)7-13-12(16)11-9(2)14-8-17-11/h8,10H,3-7H2,1-2H3,(H,13,16)/t10-/m1/s1. The van der Waals surface area contributed by atoms with Crippen LogP contribution in [0.25, 0.3) is 0 Å². The van der Waals surface area contributed by atoms with Crippen LogP contribution in [0, 0.1) is 6.92 Å². The summed E-state index contributed by atoms with van der Waals surface area (Å²) in [5, 5.41) is 3.02. The SMILES string of the molecule is CCN1CCC[C@@H]1CNC(=O)c1scnc1C. The van der Waals surface area contributed by atoms with E-state index in [4.69, 9.17) is 0 Å². The molecule has 5 heteroatoms. The van der Waals surface area contributed by atoms with Gasteiger partial charge in [-0.05, 0) is 32.9 Å². The van der Waals surface area contributed by atoms with Crippen molar-refractivity contribution in [2.75, 3.05) is 19.6 Å². The zero-order chi connectivity index (χ0) is 12.3. The quantitative estimate of drug-likeness (QED) is 0.887. The van der Waals surface area contributed by atoms with Crippen molar-refractivity contribution in [3.63, 3.8) is 0 Å². The predicted octanol–water partition coefficient (Wildman–Crippen LogP) is 1.67. The first-order valence-corrected chi connectivity index (χ1v) is 7.02. The van der Waals surface area contributed by atoms with Crippen LogP contribution >= 0.6 is 11.3 Å². The molecule has 2 heterocycles. The molecule has 1 fully saturated rings. The van der Waals surface area contributed by atoms with E-state index in [2.05, 4.69) is 22.1 Å². The van der Waals surface area contributed by atoms with Crippen molar-refractivity contribution in [3.05, 3.63) is 16.1 Å². The summed E-state index contributed by atoms with van der Waals surface area (Å²) in [5.74, 6) is 0.0213. The van der Waals surface area contributed by atoms with E-state index < -0.39 is 0 Å². The smallest absolute Gasteiger partial charge is 0.263 e. The van der Waals surface area contributed by atoms with Gasteiger partial charge in [0.2, 0.25) is 0 Å². The van der Waals surface area contributed by atoms with Gasteiger partial charge in [-0.1, -0.05) is 6.92 Å². The Balaban J connectivity index is 1.86. The molecule has 0 aliphatic carbocycles. The van der Waals surface area contributed by atoms with Gasteiger partial charge in [0, 0.05) is 12.6 Å². The predicted molar refractivity (Wildman–Crippen MR) is 69.5 cm³/mol. The molecule has 0 radical (unpaired) electrons. The van der Waals surface area contributed by atoms with Crippen molar-refractivity contribution in [3.8, 4) is 0 Å². The van der Waals surface area contributed by atoms with Crippen LogP contribution in [0.5, 0.6) is 0 Å². The molecule has 0 spiro atoms.